The molecular formula is C28H34AgClN6O2. The number of para-hydroxylation sites is 2. The summed E-state index contributed by atoms with van der Waals surface area (Å²) in [5, 5.41) is 5.68. The van der Waals surface area contributed by atoms with Crippen LogP contribution in [0.15, 0.2) is 85.5 Å². The van der Waals surface area contributed by atoms with Crippen molar-refractivity contribution in [2.24, 2.45) is 0 Å². The van der Waals surface area contributed by atoms with Gasteiger partial charge in [0.05, 0.1) is 13.1 Å². The van der Waals surface area contributed by atoms with Crippen LogP contribution in [0.1, 0.15) is 27.7 Å². The average molecular weight is 630 g/mol. The number of nitrogens with zero attached hydrogens (tertiary/aromatic N) is 4. The Balaban J connectivity index is 0.000000251. The molecule has 2 aromatic rings. The Morgan fingerprint density at radius 2 is 1.03 bits per heavy atom. The molecule has 0 spiro atoms. The maximum absolute atomic E-state index is 11.8. The van der Waals surface area contributed by atoms with E-state index in [1.807, 2.05) is 95.3 Å². The first-order valence-electron chi connectivity index (χ1n) is 12.1. The van der Waals surface area contributed by atoms with Crippen molar-refractivity contribution in [1.29, 1.82) is 0 Å². The molecule has 4 rings (SSSR count). The second-order valence-electron chi connectivity index (χ2n) is 8.88. The van der Waals surface area contributed by atoms with Crippen LogP contribution in [0.3, 0.4) is 0 Å². The van der Waals surface area contributed by atoms with Crippen LogP contribution >= 0.6 is 9.19 Å². The minimum absolute atomic E-state index is 0.0519. The summed E-state index contributed by atoms with van der Waals surface area (Å²) in [5.74, 6) is -0.104. The van der Waals surface area contributed by atoms with Gasteiger partial charge in [-0.25, -0.2) is 0 Å². The summed E-state index contributed by atoms with van der Waals surface area (Å²) in [7, 11) is 4.45. The number of carbonyl (C=O) groups is 2. The first-order chi connectivity index (χ1) is 18.3. The maximum atomic E-state index is 11.8. The van der Waals surface area contributed by atoms with Gasteiger partial charge in [-0.15, -0.1) is 0 Å². The zero-order chi connectivity index (χ0) is 27.9. The van der Waals surface area contributed by atoms with E-state index in [2.05, 4.69) is 80.8 Å². The van der Waals surface area contributed by atoms with Crippen LogP contribution < -0.4 is 10.6 Å². The molecule has 8 nitrogen and oxygen atoms in total. The molecule has 0 unspecified atom stereocenters. The zero-order valence-corrected chi connectivity index (χ0v) is 24.2. The Morgan fingerprint density at radius 3 is 1.32 bits per heavy atom. The van der Waals surface area contributed by atoms with Gasteiger partial charge in [0.2, 0.25) is 25.2 Å². The minimum atomic E-state index is -0.0519. The number of halogens is 1. The molecule has 2 aromatic carbocycles. The second kappa shape index (κ2) is 16.8. The molecule has 4 radical (unpaired) electrons. The fourth-order valence-corrected chi connectivity index (χ4v) is 3.24. The molecule has 0 bridgehead atoms. The standard InChI is InChI=1S/2C14H17N3O.Ag.ClH/c2*1-12(2)17-9-8-16(11-17)10-14(18)15-13-6-4-3-5-7-13;;/h2*3-9,12H,10H2,1-2H3,(H,15,18);;1H/q;;+1;/p-1. The van der Waals surface area contributed by atoms with E-state index in [0.717, 1.165) is 11.4 Å². The first-order valence-corrected chi connectivity index (χ1v) is 14.0. The van der Waals surface area contributed by atoms with Crippen molar-refractivity contribution in [1.82, 2.24) is 19.6 Å². The quantitative estimate of drug-likeness (QED) is 0.404. The summed E-state index contributed by atoms with van der Waals surface area (Å²) in [6, 6.07) is 19.6. The van der Waals surface area contributed by atoms with Crippen molar-refractivity contribution in [3.05, 3.63) is 98.8 Å². The molecule has 2 amide bonds. The van der Waals surface area contributed by atoms with Gasteiger partial charge in [-0.2, -0.15) is 0 Å². The third kappa shape index (κ3) is 11.2. The van der Waals surface area contributed by atoms with E-state index in [-0.39, 0.29) is 24.9 Å². The third-order valence-corrected chi connectivity index (χ3v) is 5.16. The van der Waals surface area contributed by atoms with Gasteiger partial charge in [0.25, 0.3) is 0 Å². The predicted molar refractivity (Wildman–Crippen MR) is 148 cm³/mol. The molecule has 2 N–H and O–H groups in total. The van der Waals surface area contributed by atoms with Gasteiger partial charge in [0.1, 0.15) is 0 Å². The third-order valence-electron chi connectivity index (χ3n) is 5.16. The summed E-state index contributed by atoms with van der Waals surface area (Å²) in [4.78, 5) is 31.0. The normalized spacial score (nSPS) is 13.8. The van der Waals surface area contributed by atoms with Crippen molar-refractivity contribution in [2.45, 2.75) is 39.8 Å². The summed E-state index contributed by atoms with van der Waals surface area (Å²) >= 11 is 2.42. The van der Waals surface area contributed by atoms with Crippen LogP contribution in [0.5, 0.6) is 0 Å². The molecule has 0 aliphatic carbocycles. The molecule has 0 atom stereocenters. The fourth-order valence-electron chi connectivity index (χ4n) is 3.24. The Morgan fingerprint density at radius 1 is 0.684 bits per heavy atom. The summed E-state index contributed by atoms with van der Waals surface area (Å²) in [6.45, 7) is 15.0. The van der Waals surface area contributed by atoms with Crippen LogP contribution in [0.4, 0.5) is 11.4 Å². The average Bonchev–Trinajstić information content (AvgIpc) is 3.57. The molecule has 0 saturated heterocycles. The van der Waals surface area contributed by atoms with E-state index < -0.39 is 0 Å². The monoisotopic (exact) mass is 628 g/mol. The van der Waals surface area contributed by atoms with Crippen molar-refractivity contribution < 1.29 is 29.6 Å². The molecule has 206 valence electrons. The first kappa shape index (κ1) is 31.3. The summed E-state index contributed by atoms with van der Waals surface area (Å²) in [6.07, 6.45) is 7.54. The molecule has 2 aliphatic heterocycles. The number of hydrogen-bond acceptors (Lipinski definition) is 6. The Kier molecular flexibility index (Phi) is 13.9. The van der Waals surface area contributed by atoms with E-state index in [1.54, 1.807) is 9.80 Å². The van der Waals surface area contributed by atoms with Gasteiger partial charge in [0, 0.05) is 48.3 Å². The number of amides is 2. The summed E-state index contributed by atoms with van der Waals surface area (Å²) in [5.41, 5.74) is 1.62. The number of benzene rings is 2. The van der Waals surface area contributed by atoms with Crippen LogP contribution in [0, 0.1) is 13.3 Å². The van der Waals surface area contributed by atoms with Crippen LogP contribution in [-0.4, -0.2) is 56.6 Å². The van der Waals surface area contributed by atoms with Gasteiger partial charge >= 0.3 is 29.2 Å². The number of nitrogens with one attached hydrogen (secondary N) is 2. The number of carbonyl (C=O) groups excluding carboxylic acids is 2. The number of rotatable bonds is 8. The van der Waals surface area contributed by atoms with E-state index in [9.17, 15) is 9.59 Å². The molecule has 0 fully saturated rings. The predicted octanol–water partition coefficient (Wildman–Crippen LogP) is 4.92. The Bertz CT molecular complexity index is 953. The van der Waals surface area contributed by atoms with Gasteiger partial charge < -0.3 is 30.2 Å². The summed E-state index contributed by atoms with van der Waals surface area (Å²) < 4.78 is 0. The van der Waals surface area contributed by atoms with Crippen molar-refractivity contribution in [3.63, 3.8) is 0 Å². The van der Waals surface area contributed by atoms with Crippen LogP contribution in [-0.2, 0) is 29.6 Å². The number of hydrogen-bond donors (Lipinski definition) is 2. The Hall–Kier alpha value is -2.91. The molecule has 2 heterocycles. The molecular weight excluding hydrogens is 596 g/mol. The van der Waals surface area contributed by atoms with Gasteiger partial charge in [0.15, 0.2) is 0 Å². The molecule has 0 aromatic heterocycles. The zero-order valence-electron chi connectivity index (χ0n) is 21.9. The molecule has 0 saturated carbocycles. The van der Waals surface area contributed by atoms with E-state index in [4.69, 9.17) is 0 Å². The molecule has 2 aliphatic rings. The Labute approximate surface area is 243 Å². The van der Waals surface area contributed by atoms with Gasteiger partial charge in [-0.3, -0.25) is 9.59 Å². The van der Waals surface area contributed by atoms with Crippen molar-refractivity contribution in [2.75, 3.05) is 23.7 Å². The van der Waals surface area contributed by atoms with Crippen LogP contribution in [0.25, 0.3) is 0 Å². The number of anilines is 2. The molecule has 10 heteroatoms. The van der Waals surface area contributed by atoms with Crippen molar-refractivity contribution >= 4 is 32.4 Å². The SMILES string of the molecule is CC(C)N1[C]N(CC(=O)Nc2ccccc2)C=C1.CC(C)N1[C]N(CC(=O)Nc2ccccc2)C=C1.[Cl][Ag]. The van der Waals surface area contributed by atoms with E-state index >= 15 is 0 Å². The van der Waals surface area contributed by atoms with Gasteiger partial charge in [-0.1, -0.05) is 36.4 Å². The fraction of sp³-hybridized carbons (Fsp3) is 0.286. The molecule has 38 heavy (non-hydrogen) atoms. The van der Waals surface area contributed by atoms with E-state index in [0.29, 0.717) is 12.1 Å². The van der Waals surface area contributed by atoms with Gasteiger partial charge in [-0.05, 0) is 52.0 Å². The topological polar surface area (TPSA) is 71.2 Å². The van der Waals surface area contributed by atoms with E-state index in [1.165, 1.54) is 0 Å². The van der Waals surface area contributed by atoms with Crippen molar-refractivity contribution in [3.8, 4) is 0 Å². The van der Waals surface area contributed by atoms with Crippen LogP contribution in [0.2, 0.25) is 0 Å². The second-order valence-corrected chi connectivity index (χ2v) is 8.88.